The van der Waals surface area contributed by atoms with Crippen molar-refractivity contribution in [2.45, 2.75) is 51.4 Å². The van der Waals surface area contributed by atoms with E-state index in [0.717, 1.165) is 24.3 Å². The van der Waals surface area contributed by atoms with Crippen LogP contribution in [0.1, 0.15) is 72.9 Å². The van der Waals surface area contributed by atoms with Crippen molar-refractivity contribution in [1.82, 2.24) is 10.6 Å². The van der Waals surface area contributed by atoms with E-state index in [4.69, 9.17) is 0 Å². The predicted octanol–water partition coefficient (Wildman–Crippen LogP) is 5.29. The average molecular weight is 457 g/mol. The molecule has 0 atom stereocenters. The predicted molar refractivity (Wildman–Crippen MR) is 135 cm³/mol. The first kappa shape index (κ1) is 23.7. The first-order valence-electron chi connectivity index (χ1n) is 12.3. The molecule has 0 aliphatic heterocycles. The molecule has 2 aliphatic carbocycles. The van der Waals surface area contributed by atoms with E-state index in [0.29, 0.717) is 23.4 Å². The number of rotatable bonds is 9. The summed E-state index contributed by atoms with van der Waals surface area (Å²) in [6, 6.07) is 16.5. The van der Waals surface area contributed by atoms with Crippen molar-refractivity contribution in [3.8, 4) is 0 Å². The van der Waals surface area contributed by atoms with Crippen molar-refractivity contribution in [2.24, 2.45) is 5.92 Å². The van der Waals surface area contributed by atoms with Gasteiger partial charge in [-0.2, -0.15) is 0 Å². The number of nitrogens with one attached hydrogen (secondary N) is 2. The number of ketones is 2. The first-order valence-corrected chi connectivity index (χ1v) is 12.3. The van der Waals surface area contributed by atoms with E-state index in [2.05, 4.69) is 10.6 Å². The molecule has 1 saturated carbocycles. The highest BCUT2D eigenvalue weighted by molar-refractivity contribution is 6.52. The molecule has 0 saturated heterocycles. The van der Waals surface area contributed by atoms with Crippen molar-refractivity contribution in [3.63, 3.8) is 0 Å². The molecule has 5 nitrogen and oxygen atoms in total. The number of carbonyl (C=O) groups is 3. The van der Waals surface area contributed by atoms with Crippen molar-refractivity contribution in [3.05, 3.63) is 83.1 Å². The quantitative estimate of drug-likeness (QED) is 0.305. The number of hydrogen-bond acceptors (Lipinski definition) is 4. The van der Waals surface area contributed by atoms with Gasteiger partial charge in [0, 0.05) is 23.7 Å². The summed E-state index contributed by atoms with van der Waals surface area (Å²) in [6.07, 6.45) is 13.1. The van der Waals surface area contributed by atoms with E-state index in [9.17, 15) is 14.4 Å². The Morgan fingerprint density at radius 3 is 2.29 bits per heavy atom. The molecule has 1 amide bonds. The molecule has 0 heterocycles. The number of amides is 1. The third kappa shape index (κ3) is 5.90. The Morgan fingerprint density at radius 2 is 1.53 bits per heavy atom. The highest BCUT2D eigenvalue weighted by Crippen LogP contribution is 2.29. The minimum atomic E-state index is -0.690. The van der Waals surface area contributed by atoms with E-state index in [1.807, 2.05) is 42.5 Å². The highest BCUT2D eigenvalue weighted by Gasteiger charge is 2.33. The average Bonchev–Trinajstić information content (AvgIpc) is 2.88. The molecule has 176 valence electrons. The van der Waals surface area contributed by atoms with Gasteiger partial charge in [-0.25, -0.2) is 0 Å². The summed E-state index contributed by atoms with van der Waals surface area (Å²) in [5, 5.41) is 6.04. The van der Waals surface area contributed by atoms with Crippen LogP contribution in [0, 0.1) is 5.92 Å². The van der Waals surface area contributed by atoms with Crippen LogP contribution in [-0.4, -0.2) is 24.0 Å². The van der Waals surface area contributed by atoms with Crippen LogP contribution in [0.25, 0.3) is 11.8 Å². The van der Waals surface area contributed by atoms with Gasteiger partial charge in [-0.1, -0.05) is 99.5 Å². The molecule has 2 aromatic rings. The molecule has 0 radical (unpaired) electrons. The number of allylic oxidation sites excluding steroid dienone is 1. The zero-order valence-corrected chi connectivity index (χ0v) is 19.5. The molecule has 0 bridgehead atoms. The van der Waals surface area contributed by atoms with Gasteiger partial charge in [0.05, 0.1) is 5.70 Å². The second-order valence-electron chi connectivity index (χ2n) is 9.11. The van der Waals surface area contributed by atoms with Crippen LogP contribution in [0.2, 0.25) is 0 Å². The van der Waals surface area contributed by atoms with E-state index in [1.165, 1.54) is 44.6 Å². The van der Waals surface area contributed by atoms with E-state index in [1.54, 1.807) is 18.2 Å². The normalized spacial score (nSPS) is 16.6. The van der Waals surface area contributed by atoms with Crippen molar-refractivity contribution in [2.75, 3.05) is 6.54 Å². The summed E-state index contributed by atoms with van der Waals surface area (Å²) in [7, 11) is 0. The summed E-state index contributed by atoms with van der Waals surface area (Å²) in [5.41, 5.74) is 2.45. The molecule has 1 fully saturated rings. The second kappa shape index (κ2) is 11.6. The van der Waals surface area contributed by atoms with E-state index in [-0.39, 0.29) is 5.70 Å². The van der Waals surface area contributed by atoms with Crippen molar-refractivity contribution >= 4 is 29.2 Å². The first-order chi connectivity index (χ1) is 16.6. The van der Waals surface area contributed by atoms with Crippen LogP contribution in [0.15, 0.2) is 66.4 Å². The van der Waals surface area contributed by atoms with Gasteiger partial charge < -0.3 is 10.6 Å². The van der Waals surface area contributed by atoms with Gasteiger partial charge >= 0.3 is 0 Å². The maximum absolute atomic E-state index is 12.9. The molecule has 2 N–H and O–H groups in total. The third-order valence-corrected chi connectivity index (χ3v) is 6.66. The minimum absolute atomic E-state index is 0.0266. The molecular formula is C29H32N2O3. The van der Waals surface area contributed by atoms with Gasteiger partial charge in [-0.15, -0.1) is 0 Å². The number of fused-ring (bicyclic) bond motifs is 1. The zero-order chi connectivity index (χ0) is 23.8. The Labute approximate surface area is 201 Å². The number of hydrogen-bond donors (Lipinski definition) is 2. The van der Waals surface area contributed by atoms with Gasteiger partial charge in [-0.3, -0.25) is 14.4 Å². The Hall–Kier alpha value is -3.47. The smallest absolute Gasteiger partial charge is 0.251 e. The van der Waals surface area contributed by atoms with Crippen molar-refractivity contribution < 1.29 is 14.4 Å². The zero-order valence-electron chi connectivity index (χ0n) is 19.5. The monoisotopic (exact) mass is 456 g/mol. The van der Waals surface area contributed by atoms with Gasteiger partial charge in [0.25, 0.3) is 5.78 Å². The molecule has 2 aromatic carbocycles. The summed E-state index contributed by atoms with van der Waals surface area (Å²) in [6.45, 7) is 0.678. The molecule has 34 heavy (non-hydrogen) atoms. The Kier molecular flexibility index (Phi) is 8.08. The Morgan fingerprint density at radius 1 is 0.824 bits per heavy atom. The van der Waals surface area contributed by atoms with Crippen molar-refractivity contribution in [1.29, 1.82) is 0 Å². The van der Waals surface area contributed by atoms with Crippen LogP contribution >= 0.6 is 0 Å². The lowest BCUT2D eigenvalue weighted by Crippen LogP contribution is -2.37. The minimum Gasteiger partial charge on any atom is -0.383 e. The SMILES string of the molecule is O=C(/C=C/c1ccccc1)NC1=C(NCCCCC2CCCCC2)c2ccccc2C(=O)C1=O. The lowest BCUT2D eigenvalue weighted by Gasteiger charge is -2.23. The summed E-state index contributed by atoms with van der Waals surface area (Å²) < 4.78 is 0. The molecular weight excluding hydrogens is 424 g/mol. The van der Waals surface area contributed by atoms with Crippen LogP contribution in [0.3, 0.4) is 0 Å². The van der Waals surface area contributed by atoms with Crippen LogP contribution < -0.4 is 10.6 Å². The second-order valence-corrected chi connectivity index (χ2v) is 9.11. The standard InChI is InChI=1S/C29H32N2O3/c32-25(19-18-22-13-5-2-6-14-22)31-27-26(23-16-7-8-17-24(23)28(33)29(27)34)30-20-10-9-15-21-11-3-1-4-12-21/h2,5-8,13-14,16-19,21,30H,1,3-4,9-12,15,20H2,(H,31,32)/b19-18+. The lowest BCUT2D eigenvalue weighted by molar-refractivity contribution is -0.118. The summed E-state index contributed by atoms with van der Waals surface area (Å²) in [5.74, 6) is -0.893. The molecule has 2 aliphatic rings. The molecule has 5 heteroatoms. The molecule has 0 unspecified atom stereocenters. The topological polar surface area (TPSA) is 75.3 Å². The summed E-state index contributed by atoms with van der Waals surface area (Å²) >= 11 is 0. The van der Waals surface area contributed by atoms with E-state index >= 15 is 0 Å². The fourth-order valence-corrected chi connectivity index (χ4v) is 4.83. The fraction of sp³-hybridized carbons (Fsp3) is 0.345. The Balaban J connectivity index is 1.47. The number of carbonyl (C=O) groups excluding carboxylic acids is 3. The maximum atomic E-state index is 12.9. The number of unbranched alkanes of at least 4 members (excludes halogenated alkanes) is 1. The Bertz CT molecular complexity index is 1100. The maximum Gasteiger partial charge on any atom is 0.251 e. The number of Topliss-reactive ketones (excluding diaryl/α,β-unsaturated/α-hetero) is 2. The van der Waals surface area contributed by atoms with Crippen LogP contribution in [0.5, 0.6) is 0 Å². The van der Waals surface area contributed by atoms with Gasteiger partial charge in [-0.05, 0) is 24.0 Å². The largest absolute Gasteiger partial charge is 0.383 e. The van der Waals surface area contributed by atoms with Crippen LogP contribution in [-0.2, 0) is 9.59 Å². The summed E-state index contributed by atoms with van der Waals surface area (Å²) in [4.78, 5) is 38.2. The van der Waals surface area contributed by atoms with Crippen LogP contribution in [0.4, 0.5) is 0 Å². The molecule has 0 spiro atoms. The lowest BCUT2D eigenvalue weighted by atomic mass is 9.86. The van der Waals surface area contributed by atoms with Gasteiger partial charge in [0.15, 0.2) is 0 Å². The third-order valence-electron chi connectivity index (χ3n) is 6.66. The van der Waals surface area contributed by atoms with Gasteiger partial charge in [0.2, 0.25) is 11.7 Å². The van der Waals surface area contributed by atoms with Gasteiger partial charge in [0.1, 0.15) is 5.70 Å². The molecule has 4 rings (SSSR count). The van der Waals surface area contributed by atoms with E-state index < -0.39 is 17.5 Å². The number of benzene rings is 2. The highest BCUT2D eigenvalue weighted by atomic mass is 16.2. The fourth-order valence-electron chi connectivity index (χ4n) is 4.83. The molecule has 0 aromatic heterocycles.